The molecule has 1 fully saturated rings. The number of halogens is 1. The highest BCUT2D eigenvalue weighted by atomic mass is 35.5. The molecule has 0 radical (unpaired) electrons. The van der Waals surface area contributed by atoms with Gasteiger partial charge in [-0.05, 0) is 42.5 Å². The Balaban J connectivity index is 1.84. The number of ether oxygens (including phenoxy) is 1. The third-order valence-corrected chi connectivity index (χ3v) is 3.82. The molecular weight excluding hydrogens is 220 g/mol. The van der Waals surface area contributed by atoms with Crippen LogP contribution in [0.3, 0.4) is 0 Å². The summed E-state index contributed by atoms with van der Waals surface area (Å²) in [7, 11) is 0. The zero-order valence-electron chi connectivity index (χ0n) is 9.79. The standard InChI is InChI=1S/C14H19ClO/c1-11-4-2-3-5-12(11)10-16-14-8-6-13(15)7-9-14/h6-9,11-12H,2-5,10H2,1H3/t11?,12-/m1/s1. The van der Waals surface area contributed by atoms with Crippen LogP contribution in [0, 0.1) is 11.8 Å². The Bertz CT molecular complexity index is 320. The van der Waals surface area contributed by atoms with Crippen molar-refractivity contribution in [2.45, 2.75) is 32.6 Å². The van der Waals surface area contributed by atoms with Crippen LogP contribution in [0.15, 0.2) is 24.3 Å². The van der Waals surface area contributed by atoms with Crippen LogP contribution in [-0.2, 0) is 0 Å². The van der Waals surface area contributed by atoms with Crippen molar-refractivity contribution in [3.8, 4) is 5.75 Å². The van der Waals surface area contributed by atoms with Crippen molar-refractivity contribution in [1.82, 2.24) is 0 Å². The maximum absolute atomic E-state index is 5.83. The molecule has 1 saturated carbocycles. The Labute approximate surface area is 103 Å². The Morgan fingerprint density at radius 1 is 1.19 bits per heavy atom. The van der Waals surface area contributed by atoms with Crippen molar-refractivity contribution < 1.29 is 4.74 Å². The monoisotopic (exact) mass is 238 g/mol. The molecule has 0 N–H and O–H groups in total. The van der Waals surface area contributed by atoms with E-state index >= 15 is 0 Å². The first-order valence-electron chi connectivity index (χ1n) is 6.14. The Morgan fingerprint density at radius 3 is 2.56 bits per heavy atom. The molecule has 0 saturated heterocycles. The number of rotatable bonds is 3. The van der Waals surface area contributed by atoms with Gasteiger partial charge in [0.05, 0.1) is 6.61 Å². The van der Waals surface area contributed by atoms with E-state index in [1.807, 2.05) is 24.3 Å². The summed E-state index contributed by atoms with van der Waals surface area (Å²) < 4.78 is 5.81. The fourth-order valence-electron chi connectivity index (χ4n) is 2.37. The first-order valence-corrected chi connectivity index (χ1v) is 6.52. The summed E-state index contributed by atoms with van der Waals surface area (Å²) in [6.07, 6.45) is 5.42. The minimum atomic E-state index is 0.726. The third-order valence-electron chi connectivity index (χ3n) is 3.57. The summed E-state index contributed by atoms with van der Waals surface area (Å²) in [5.74, 6) is 2.47. The predicted molar refractivity (Wildman–Crippen MR) is 68.1 cm³/mol. The van der Waals surface area contributed by atoms with Crippen LogP contribution < -0.4 is 4.74 Å². The summed E-state index contributed by atoms with van der Waals surface area (Å²) in [6, 6.07) is 7.63. The fourth-order valence-corrected chi connectivity index (χ4v) is 2.50. The molecular formula is C14H19ClO. The smallest absolute Gasteiger partial charge is 0.119 e. The van der Waals surface area contributed by atoms with Crippen molar-refractivity contribution in [3.63, 3.8) is 0 Å². The molecule has 1 unspecified atom stereocenters. The van der Waals surface area contributed by atoms with Crippen LogP contribution in [0.5, 0.6) is 5.75 Å². The number of hydrogen-bond donors (Lipinski definition) is 0. The topological polar surface area (TPSA) is 9.23 Å². The van der Waals surface area contributed by atoms with E-state index in [0.717, 1.165) is 29.2 Å². The first-order chi connectivity index (χ1) is 7.75. The Morgan fingerprint density at radius 2 is 1.88 bits per heavy atom. The van der Waals surface area contributed by atoms with Crippen LogP contribution in [0.4, 0.5) is 0 Å². The second-order valence-electron chi connectivity index (χ2n) is 4.79. The van der Waals surface area contributed by atoms with E-state index in [-0.39, 0.29) is 0 Å². The minimum Gasteiger partial charge on any atom is -0.493 e. The average Bonchev–Trinajstić information content (AvgIpc) is 2.30. The van der Waals surface area contributed by atoms with E-state index in [1.54, 1.807) is 0 Å². The Hall–Kier alpha value is -0.690. The van der Waals surface area contributed by atoms with Gasteiger partial charge in [-0.25, -0.2) is 0 Å². The summed E-state index contributed by atoms with van der Waals surface area (Å²) in [4.78, 5) is 0. The zero-order valence-corrected chi connectivity index (χ0v) is 10.5. The molecule has 1 aliphatic carbocycles. The molecule has 2 rings (SSSR count). The lowest BCUT2D eigenvalue weighted by atomic mass is 9.81. The van der Waals surface area contributed by atoms with Gasteiger partial charge in [-0.2, -0.15) is 0 Å². The quantitative estimate of drug-likeness (QED) is 0.751. The second-order valence-corrected chi connectivity index (χ2v) is 5.22. The molecule has 0 aliphatic heterocycles. The molecule has 1 aromatic carbocycles. The Kier molecular flexibility index (Phi) is 4.11. The van der Waals surface area contributed by atoms with Crippen LogP contribution >= 0.6 is 11.6 Å². The van der Waals surface area contributed by atoms with Crippen LogP contribution in [0.2, 0.25) is 5.02 Å². The molecule has 1 aromatic rings. The molecule has 0 amide bonds. The van der Waals surface area contributed by atoms with E-state index in [0.29, 0.717) is 0 Å². The van der Waals surface area contributed by atoms with Crippen LogP contribution in [0.1, 0.15) is 32.6 Å². The first kappa shape index (κ1) is 11.8. The van der Waals surface area contributed by atoms with Gasteiger partial charge in [0.1, 0.15) is 5.75 Å². The molecule has 0 bridgehead atoms. The molecule has 2 heteroatoms. The molecule has 2 atom stereocenters. The van der Waals surface area contributed by atoms with Crippen molar-refractivity contribution >= 4 is 11.6 Å². The minimum absolute atomic E-state index is 0.726. The van der Waals surface area contributed by atoms with E-state index in [9.17, 15) is 0 Å². The maximum Gasteiger partial charge on any atom is 0.119 e. The average molecular weight is 239 g/mol. The van der Waals surface area contributed by atoms with Crippen LogP contribution in [-0.4, -0.2) is 6.61 Å². The number of hydrogen-bond acceptors (Lipinski definition) is 1. The lowest BCUT2D eigenvalue weighted by Crippen LogP contribution is -2.23. The zero-order chi connectivity index (χ0) is 11.4. The van der Waals surface area contributed by atoms with Gasteiger partial charge in [-0.1, -0.05) is 37.8 Å². The highest BCUT2D eigenvalue weighted by Gasteiger charge is 2.21. The second kappa shape index (κ2) is 5.58. The van der Waals surface area contributed by atoms with E-state index < -0.39 is 0 Å². The van der Waals surface area contributed by atoms with Gasteiger partial charge >= 0.3 is 0 Å². The van der Waals surface area contributed by atoms with Gasteiger partial charge in [-0.3, -0.25) is 0 Å². The lowest BCUT2D eigenvalue weighted by molar-refractivity contribution is 0.159. The van der Waals surface area contributed by atoms with Gasteiger partial charge in [0.15, 0.2) is 0 Å². The SMILES string of the molecule is CC1CCCC[C@@H]1COc1ccc(Cl)cc1. The summed E-state index contributed by atoms with van der Waals surface area (Å²) in [5.41, 5.74) is 0. The summed E-state index contributed by atoms with van der Waals surface area (Å²) >= 11 is 5.83. The summed E-state index contributed by atoms with van der Waals surface area (Å²) in [6.45, 7) is 3.19. The lowest BCUT2D eigenvalue weighted by Gasteiger charge is -2.28. The maximum atomic E-state index is 5.83. The largest absolute Gasteiger partial charge is 0.493 e. The van der Waals surface area contributed by atoms with Crippen molar-refractivity contribution in [1.29, 1.82) is 0 Å². The van der Waals surface area contributed by atoms with Crippen molar-refractivity contribution in [2.24, 2.45) is 11.8 Å². The molecule has 1 nitrogen and oxygen atoms in total. The fraction of sp³-hybridized carbons (Fsp3) is 0.571. The molecule has 0 aromatic heterocycles. The highest BCUT2D eigenvalue weighted by molar-refractivity contribution is 6.30. The molecule has 88 valence electrons. The van der Waals surface area contributed by atoms with Gasteiger partial charge in [-0.15, -0.1) is 0 Å². The van der Waals surface area contributed by atoms with E-state index in [1.165, 1.54) is 25.7 Å². The third kappa shape index (κ3) is 3.15. The van der Waals surface area contributed by atoms with Gasteiger partial charge in [0.25, 0.3) is 0 Å². The normalized spacial score (nSPS) is 25.4. The predicted octanol–water partition coefficient (Wildman–Crippen LogP) is 4.55. The van der Waals surface area contributed by atoms with Crippen molar-refractivity contribution in [2.75, 3.05) is 6.61 Å². The highest BCUT2D eigenvalue weighted by Crippen LogP contribution is 2.30. The molecule has 0 heterocycles. The summed E-state index contributed by atoms with van der Waals surface area (Å²) in [5, 5.41) is 0.762. The van der Waals surface area contributed by atoms with Gasteiger partial charge in [0.2, 0.25) is 0 Å². The van der Waals surface area contributed by atoms with E-state index in [4.69, 9.17) is 16.3 Å². The van der Waals surface area contributed by atoms with Gasteiger partial charge < -0.3 is 4.74 Å². The van der Waals surface area contributed by atoms with Crippen molar-refractivity contribution in [3.05, 3.63) is 29.3 Å². The number of benzene rings is 1. The van der Waals surface area contributed by atoms with Crippen LogP contribution in [0.25, 0.3) is 0 Å². The molecule has 0 spiro atoms. The van der Waals surface area contributed by atoms with E-state index in [2.05, 4.69) is 6.92 Å². The molecule has 1 aliphatic rings. The van der Waals surface area contributed by atoms with Gasteiger partial charge in [0, 0.05) is 5.02 Å². The molecule has 16 heavy (non-hydrogen) atoms.